The van der Waals surface area contributed by atoms with Gasteiger partial charge < -0.3 is 19.5 Å². The maximum Gasteiger partial charge on any atom is 0.262 e. The summed E-state index contributed by atoms with van der Waals surface area (Å²) in [7, 11) is 0. The summed E-state index contributed by atoms with van der Waals surface area (Å²) in [6.07, 6.45) is 3.49. The number of nitrogens with one attached hydrogen (secondary N) is 1. The molecule has 3 aromatic carbocycles. The Labute approximate surface area is 199 Å². The molecule has 0 bridgehead atoms. The molecule has 174 valence electrons. The first kappa shape index (κ1) is 23.3. The molecular formula is C28H28N2O4. The van der Waals surface area contributed by atoms with Crippen molar-refractivity contribution in [2.24, 2.45) is 0 Å². The van der Waals surface area contributed by atoms with Gasteiger partial charge in [-0.1, -0.05) is 48.5 Å². The first-order valence-corrected chi connectivity index (χ1v) is 11.6. The van der Waals surface area contributed by atoms with E-state index in [0.717, 1.165) is 35.8 Å². The molecule has 4 rings (SSSR count). The zero-order valence-electron chi connectivity index (χ0n) is 19.3. The molecule has 6 heteroatoms. The number of ether oxygens (including phenoxy) is 3. The van der Waals surface area contributed by atoms with Crippen LogP contribution < -0.4 is 14.8 Å². The van der Waals surface area contributed by atoms with Crippen LogP contribution in [0.25, 0.3) is 16.8 Å². The maximum absolute atomic E-state index is 12.5. The number of nitriles is 1. The number of hydrogen-bond acceptors (Lipinski definition) is 5. The monoisotopic (exact) mass is 456 g/mol. The maximum atomic E-state index is 12.5. The van der Waals surface area contributed by atoms with Crippen molar-refractivity contribution < 1.29 is 19.0 Å². The van der Waals surface area contributed by atoms with E-state index >= 15 is 0 Å². The second kappa shape index (κ2) is 11.4. The van der Waals surface area contributed by atoms with Crippen molar-refractivity contribution in [2.75, 3.05) is 19.8 Å². The fraction of sp³-hybridized carbons (Fsp3) is 0.286. The molecule has 0 spiro atoms. The first-order valence-electron chi connectivity index (χ1n) is 11.6. The summed E-state index contributed by atoms with van der Waals surface area (Å²) in [6, 6.07) is 21.7. The normalized spacial score (nSPS) is 15.6. The fourth-order valence-electron chi connectivity index (χ4n) is 4.00. The van der Waals surface area contributed by atoms with Crippen LogP contribution in [0, 0.1) is 11.3 Å². The van der Waals surface area contributed by atoms with Crippen LogP contribution >= 0.6 is 0 Å². The minimum atomic E-state index is -0.410. The van der Waals surface area contributed by atoms with Crippen molar-refractivity contribution in [3.8, 4) is 17.6 Å². The van der Waals surface area contributed by atoms with Crippen LogP contribution in [0.15, 0.2) is 66.2 Å². The lowest BCUT2D eigenvalue weighted by Crippen LogP contribution is -2.32. The number of rotatable bonds is 9. The zero-order chi connectivity index (χ0) is 23.8. The molecule has 3 aromatic rings. The third-order valence-corrected chi connectivity index (χ3v) is 5.72. The third-order valence-electron chi connectivity index (χ3n) is 5.72. The van der Waals surface area contributed by atoms with Crippen LogP contribution in [0.5, 0.6) is 11.5 Å². The van der Waals surface area contributed by atoms with Crippen LogP contribution in [0.3, 0.4) is 0 Å². The van der Waals surface area contributed by atoms with E-state index in [9.17, 15) is 10.1 Å². The molecule has 1 aliphatic rings. The highest BCUT2D eigenvalue weighted by Crippen LogP contribution is 2.31. The van der Waals surface area contributed by atoms with Gasteiger partial charge in [0.05, 0.1) is 12.7 Å². The zero-order valence-corrected chi connectivity index (χ0v) is 19.3. The lowest BCUT2D eigenvalue weighted by Gasteiger charge is -2.14. The number of benzene rings is 3. The van der Waals surface area contributed by atoms with Crippen LogP contribution in [0.1, 0.15) is 30.9 Å². The fourth-order valence-corrected chi connectivity index (χ4v) is 4.00. The van der Waals surface area contributed by atoms with E-state index in [1.165, 1.54) is 0 Å². The highest BCUT2D eigenvalue weighted by Gasteiger charge is 2.18. The molecule has 0 unspecified atom stereocenters. The van der Waals surface area contributed by atoms with Crippen LogP contribution in [-0.2, 0) is 16.1 Å². The molecule has 1 fully saturated rings. The Morgan fingerprint density at radius 2 is 2.00 bits per heavy atom. The number of carbonyl (C=O) groups excluding carboxylic acids is 1. The Balaban J connectivity index is 1.48. The Kier molecular flexibility index (Phi) is 7.79. The SMILES string of the molecule is CCOc1cc(/C=C(\C#N)C(=O)NC[C@H]2CCCO2)ccc1OCc1cccc2ccccc12. The minimum absolute atomic E-state index is 0.0200. The second-order valence-electron chi connectivity index (χ2n) is 8.08. The van der Waals surface area contributed by atoms with E-state index in [0.29, 0.717) is 36.8 Å². The lowest BCUT2D eigenvalue weighted by molar-refractivity contribution is -0.117. The summed E-state index contributed by atoms with van der Waals surface area (Å²) >= 11 is 0. The molecule has 1 N–H and O–H groups in total. The Morgan fingerprint density at radius 3 is 2.79 bits per heavy atom. The molecule has 0 radical (unpaired) electrons. The number of carbonyl (C=O) groups is 1. The van der Waals surface area contributed by atoms with E-state index in [-0.39, 0.29) is 11.7 Å². The van der Waals surface area contributed by atoms with Crippen molar-refractivity contribution in [1.82, 2.24) is 5.32 Å². The standard InChI is InChI=1S/C28H28N2O4/c1-2-32-27-16-20(15-23(17-29)28(31)30-18-24-10-6-14-33-24)12-13-26(27)34-19-22-9-5-8-21-7-3-4-11-25(21)22/h3-5,7-9,11-13,15-16,24H,2,6,10,14,18-19H2,1H3,(H,30,31)/b23-15+/t24-/m1/s1. The first-order chi connectivity index (χ1) is 16.7. The van der Waals surface area contributed by atoms with Gasteiger partial charge in [0.25, 0.3) is 5.91 Å². The van der Waals surface area contributed by atoms with Crippen molar-refractivity contribution in [1.29, 1.82) is 5.26 Å². The summed E-state index contributed by atoms with van der Waals surface area (Å²) in [5, 5.41) is 14.6. The topological polar surface area (TPSA) is 80.6 Å². The molecule has 1 saturated heterocycles. The average molecular weight is 457 g/mol. The number of hydrogen-bond donors (Lipinski definition) is 1. The highest BCUT2D eigenvalue weighted by atomic mass is 16.5. The van der Waals surface area contributed by atoms with Gasteiger partial charge in [0.2, 0.25) is 0 Å². The minimum Gasteiger partial charge on any atom is -0.490 e. The van der Waals surface area contributed by atoms with Crippen molar-refractivity contribution in [3.05, 3.63) is 77.4 Å². The van der Waals surface area contributed by atoms with Crippen molar-refractivity contribution in [2.45, 2.75) is 32.5 Å². The van der Waals surface area contributed by atoms with Gasteiger partial charge in [0.15, 0.2) is 11.5 Å². The molecule has 1 aliphatic heterocycles. The van der Waals surface area contributed by atoms with Gasteiger partial charge in [-0.25, -0.2) is 0 Å². The lowest BCUT2D eigenvalue weighted by atomic mass is 10.1. The second-order valence-corrected chi connectivity index (χ2v) is 8.08. The van der Waals surface area contributed by atoms with Crippen LogP contribution in [-0.4, -0.2) is 31.8 Å². The van der Waals surface area contributed by atoms with E-state index in [1.54, 1.807) is 18.2 Å². The Bertz CT molecular complexity index is 1220. The number of fused-ring (bicyclic) bond motifs is 1. The molecule has 34 heavy (non-hydrogen) atoms. The number of nitrogens with zero attached hydrogens (tertiary/aromatic N) is 1. The van der Waals surface area contributed by atoms with Gasteiger partial charge in [0, 0.05) is 13.2 Å². The Hall–Kier alpha value is -3.82. The molecule has 1 amide bonds. The van der Waals surface area contributed by atoms with Gasteiger partial charge in [-0.05, 0) is 59.9 Å². The van der Waals surface area contributed by atoms with E-state index < -0.39 is 5.91 Å². The van der Waals surface area contributed by atoms with Gasteiger partial charge in [-0.15, -0.1) is 0 Å². The molecule has 6 nitrogen and oxygen atoms in total. The van der Waals surface area contributed by atoms with Crippen LogP contribution in [0.2, 0.25) is 0 Å². The largest absolute Gasteiger partial charge is 0.490 e. The molecule has 1 heterocycles. The predicted octanol–water partition coefficient (Wildman–Crippen LogP) is 5.02. The smallest absolute Gasteiger partial charge is 0.262 e. The van der Waals surface area contributed by atoms with Gasteiger partial charge in [-0.2, -0.15) is 5.26 Å². The summed E-state index contributed by atoms with van der Waals surface area (Å²) in [5.74, 6) is 0.758. The summed E-state index contributed by atoms with van der Waals surface area (Å²) in [6.45, 7) is 3.88. The summed E-state index contributed by atoms with van der Waals surface area (Å²) in [5.41, 5.74) is 1.80. The number of amides is 1. The summed E-state index contributed by atoms with van der Waals surface area (Å²) in [4.78, 5) is 12.5. The van der Waals surface area contributed by atoms with Crippen molar-refractivity contribution >= 4 is 22.8 Å². The molecule has 0 aromatic heterocycles. The van der Waals surface area contributed by atoms with Gasteiger partial charge in [-0.3, -0.25) is 4.79 Å². The van der Waals surface area contributed by atoms with Crippen LogP contribution in [0.4, 0.5) is 0 Å². The van der Waals surface area contributed by atoms with Gasteiger partial charge >= 0.3 is 0 Å². The summed E-state index contributed by atoms with van der Waals surface area (Å²) < 4.78 is 17.4. The third kappa shape index (κ3) is 5.75. The molecule has 0 aliphatic carbocycles. The molecule has 0 saturated carbocycles. The molecular weight excluding hydrogens is 428 g/mol. The quantitative estimate of drug-likeness (QED) is 0.361. The van der Waals surface area contributed by atoms with Crippen molar-refractivity contribution in [3.63, 3.8) is 0 Å². The molecule has 1 atom stereocenters. The highest BCUT2D eigenvalue weighted by molar-refractivity contribution is 6.01. The van der Waals surface area contributed by atoms with Gasteiger partial charge in [0.1, 0.15) is 18.2 Å². The Morgan fingerprint density at radius 1 is 1.15 bits per heavy atom. The van der Waals surface area contributed by atoms with E-state index in [2.05, 4.69) is 23.5 Å². The average Bonchev–Trinajstić information content (AvgIpc) is 3.39. The predicted molar refractivity (Wildman–Crippen MR) is 131 cm³/mol. The van der Waals surface area contributed by atoms with E-state index in [4.69, 9.17) is 14.2 Å². The van der Waals surface area contributed by atoms with E-state index in [1.807, 2.05) is 43.3 Å².